The number of ether oxygens (including phenoxy) is 2. The molecule has 1 aliphatic rings. The summed E-state index contributed by atoms with van der Waals surface area (Å²) in [5.74, 6) is -12.7. The maximum Gasteiger partial charge on any atom is 0.262 e. The van der Waals surface area contributed by atoms with Crippen molar-refractivity contribution in [3.63, 3.8) is 0 Å². The van der Waals surface area contributed by atoms with E-state index in [1.807, 2.05) is 0 Å². The molecule has 0 unspecified atom stereocenters. The maximum absolute atomic E-state index is 13.7. The molecule has 3 aromatic rings. The fraction of sp³-hybridized carbons (Fsp3) is 0.238. The molecule has 0 fully saturated rings. The van der Waals surface area contributed by atoms with Gasteiger partial charge in [-0.25, -0.2) is 13.2 Å². The van der Waals surface area contributed by atoms with Gasteiger partial charge in [0, 0.05) is 11.1 Å². The average molecular weight is 454 g/mol. The van der Waals surface area contributed by atoms with E-state index < -0.39 is 47.3 Å². The Kier molecular flexibility index (Phi) is 5.72. The number of fused-ring (bicyclic) bond motifs is 1. The van der Waals surface area contributed by atoms with E-state index in [0.717, 1.165) is 30.5 Å². The summed E-state index contributed by atoms with van der Waals surface area (Å²) in [7, 11) is 1.36. The second-order valence-electron chi connectivity index (χ2n) is 6.94. The Hall–Kier alpha value is -3.63. The summed E-state index contributed by atoms with van der Waals surface area (Å²) in [5.41, 5.74) is 2.64. The van der Waals surface area contributed by atoms with Crippen LogP contribution in [0, 0.1) is 29.1 Å². The van der Waals surface area contributed by atoms with Crippen molar-refractivity contribution in [3.05, 3.63) is 58.5 Å². The SMILES string of the molecule is COc1ccc(-c2onc3c2CCC3)cc1NC(=O)COc1c(F)c(F)c(F)c(F)c1F. The van der Waals surface area contributed by atoms with Gasteiger partial charge in [-0.2, -0.15) is 8.78 Å². The minimum Gasteiger partial charge on any atom is -0.495 e. The van der Waals surface area contributed by atoms with Crippen LogP contribution in [0.5, 0.6) is 11.5 Å². The summed E-state index contributed by atoms with van der Waals surface area (Å²) in [6, 6.07) is 4.83. The van der Waals surface area contributed by atoms with E-state index in [2.05, 4.69) is 15.2 Å². The van der Waals surface area contributed by atoms with Crippen LogP contribution in [0.15, 0.2) is 22.7 Å². The van der Waals surface area contributed by atoms with Crippen LogP contribution in [0.25, 0.3) is 11.3 Å². The molecule has 1 aliphatic carbocycles. The molecule has 1 heterocycles. The van der Waals surface area contributed by atoms with Crippen LogP contribution in [-0.2, 0) is 17.6 Å². The van der Waals surface area contributed by atoms with Crippen molar-refractivity contribution in [1.82, 2.24) is 5.16 Å². The van der Waals surface area contributed by atoms with E-state index in [1.165, 1.54) is 7.11 Å². The number of halogens is 5. The number of carbonyl (C=O) groups excluding carboxylic acids is 1. The molecule has 4 rings (SSSR count). The van der Waals surface area contributed by atoms with Crippen LogP contribution >= 0.6 is 0 Å². The van der Waals surface area contributed by atoms with Gasteiger partial charge in [0.05, 0.1) is 18.5 Å². The topological polar surface area (TPSA) is 73.6 Å². The smallest absolute Gasteiger partial charge is 0.262 e. The third kappa shape index (κ3) is 3.74. The van der Waals surface area contributed by atoms with Gasteiger partial charge in [-0.15, -0.1) is 0 Å². The molecule has 1 N–H and O–H groups in total. The first-order chi connectivity index (χ1) is 15.3. The van der Waals surface area contributed by atoms with Gasteiger partial charge in [0.2, 0.25) is 29.1 Å². The van der Waals surface area contributed by atoms with Gasteiger partial charge < -0.3 is 19.3 Å². The Morgan fingerprint density at radius 2 is 1.75 bits per heavy atom. The van der Waals surface area contributed by atoms with Gasteiger partial charge in [0.1, 0.15) is 5.75 Å². The third-order valence-corrected chi connectivity index (χ3v) is 4.96. The van der Waals surface area contributed by atoms with Crippen molar-refractivity contribution >= 4 is 11.6 Å². The maximum atomic E-state index is 13.7. The predicted molar refractivity (Wildman–Crippen MR) is 101 cm³/mol. The Bertz CT molecular complexity index is 1180. The molecule has 6 nitrogen and oxygen atoms in total. The third-order valence-electron chi connectivity index (χ3n) is 4.96. The van der Waals surface area contributed by atoms with Crippen LogP contribution in [0.4, 0.5) is 27.6 Å². The molecule has 1 amide bonds. The molecular weight excluding hydrogens is 439 g/mol. The van der Waals surface area contributed by atoms with E-state index in [9.17, 15) is 26.7 Å². The van der Waals surface area contributed by atoms with Crippen LogP contribution in [0.1, 0.15) is 17.7 Å². The Balaban J connectivity index is 1.54. The van der Waals surface area contributed by atoms with Gasteiger partial charge in [0.25, 0.3) is 5.91 Å². The number of nitrogens with zero attached hydrogens (tertiary/aromatic N) is 1. The van der Waals surface area contributed by atoms with Gasteiger partial charge in [0.15, 0.2) is 18.1 Å². The number of aromatic nitrogens is 1. The highest BCUT2D eigenvalue weighted by Crippen LogP contribution is 2.36. The number of anilines is 1. The van der Waals surface area contributed by atoms with Crippen LogP contribution in [-0.4, -0.2) is 24.8 Å². The van der Waals surface area contributed by atoms with Crippen molar-refractivity contribution in [2.24, 2.45) is 0 Å². The summed E-state index contributed by atoms with van der Waals surface area (Å²) in [6.45, 7) is -1.02. The molecule has 0 radical (unpaired) electrons. The molecule has 2 aromatic carbocycles. The number of hydrogen-bond acceptors (Lipinski definition) is 5. The highest BCUT2D eigenvalue weighted by atomic mass is 19.2. The second kappa shape index (κ2) is 8.48. The highest BCUT2D eigenvalue weighted by Gasteiger charge is 2.28. The monoisotopic (exact) mass is 454 g/mol. The highest BCUT2D eigenvalue weighted by molar-refractivity contribution is 5.94. The van der Waals surface area contributed by atoms with Gasteiger partial charge >= 0.3 is 0 Å². The van der Waals surface area contributed by atoms with Crippen LogP contribution < -0.4 is 14.8 Å². The quantitative estimate of drug-likeness (QED) is 0.336. The second-order valence-corrected chi connectivity index (χ2v) is 6.94. The summed E-state index contributed by atoms with van der Waals surface area (Å²) < 4.78 is 82.3. The van der Waals surface area contributed by atoms with E-state index in [4.69, 9.17) is 9.26 Å². The summed E-state index contributed by atoms with van der Waals surface area (Å²) in [6.07, 6.45) is 2.57. The number of aryl methyl sites for hydroxylation is 1. The van der Waals surface area contributed by atoms with Crippen LogP contribution in [0.2, 0.25) is 0 Å². The number of amides is 1. The van der Waals surface area contributed by atoms with Crippen LogP contribution in [0.3, 0.4) is 0 Å². The molecule has 32 heavy (non-hydrogen) atoms. The lowest BCUT2D eigenvalue weighted by atomic mass is 10.1. The van der Waals surface area contributed by atoms with Crippen molar-refractivity contribution in [2.75, 3.05) is 19.0 Å². The molecule has 0 bridgehead atoms. The molecule has 11 heteroatoms. The number of methoxy groups -OCH3 is 1. The predicted octanol–water partition coefficient (Wildman–Crippen LogP) is 4.55. The van der Waals surface area contributed by atoms with Crippen molar-refractivity contribution in [1.29, 1.82) is 0 Å². The zero-order valence-corrected chi connectivity index (χ0v) is 16.5. The lowest BCUT2D eigenvalue weighted by Crippen LogP contribution is -2.22. The first-order valence-corrected chi connectivity index (χ1v) is 9.41. The lowest BCUT2D eigenvalue weighted by molar-refractivity contribution is -0.118. The Labute approximate surface area is 177 Å². The standard InChI is InChI=1S/C21H15F5N2O4/c1-30-13-6-5-9(20-10-3-2-4-11(10)28-32-20)7-12(13)27-14(29)8-31-21-18(25)16(23)15(22)17(24)19(21)26/h5-7H,2-4,8H2,1H3,(H,27,29). The molecular formula is C21H15F5N2O4. The van der Waals surface area contributed by atoms with Gasteiger partial charge in [-0.05, 0) is 37.5 Å². The van der Waals surface area contributed by atoms with Crippen molar-refractivity contribution < 1.29 is 40.7 Å². The fourth-order valence-corrected chi connectivity index (χ4v) is 3.44. The zero-order valence-electron chi connectivity index (χ0n) is 16.5. The van der Waals surface area contributed by atoms with Crippen molar-refractivity contribution in [2.45, 2.75) is 19.3 Å². The Morgan fingerprint density at radius 1 is 1.06 bits per heavy atom. The number of hydrogen-bond donors (Lipinski definition) is 1. The van der Waals surface area contributed by atoms with Gasteiger partial charge in [-0.1, -0.05) is 5.16 Å². The molecule has 0 atom stereocenters. The minimum absolute atomic E-state index is 0.180. The van der Waals surface area contributed by atoms with E-state index in [0.29, 0.717) is 11.3 Å². The molecule has 0 saturated heterocycles. The van der Waals surface area contributed by atoms with E-state index >= 15 is 0 Å². The minimum atomic E-state index is -2.32. The fourth-order valence-electron chi connectivity index (χ4n) is 3.44. The number of benzene rings is 2. The molecule has 0 saturated carbocycles. The average Bonchev–Trinajstić information content (AvgIpc) is 3.40. The van der Waals surface area contributed by atoms with E-state index in [-0.39, 0.29) is 11.4 Å². The normalized spacial score (nSPS) is 12.6. The first-order valence-electron chi connectivity index (χ1n) is 9.41. The summed E-state index contributed by atoms with van der Waals surface area (Å²) >= 11 is 0. The summed E-state index contributed by atoms with van der Waals surface area (Å²) in [4.78, 5) is 12.3. The molecule has 168 valence electrons. The summed E-state index contributed by atoms with van der Waals surface area (Å²) in [5, 5.41) is 6.46. The number of rotatable bonds is 6. The van der Waals surface area contributed by atoms with Gasteiger partial charge in [-0.3, -0.25) is 4.79 Å². The van der Waals surface area contributed by atoms with E-state index in [1.54, 1.807) is 18.2 Å². The molecule has 0 aliphatic heterocycles. The Morgan fingerprint density at radius 3 is 2.44 bits per heavy atom. The number of carbonyl (C=O) groups is 1. The van der Waals surface area contributed by atoms with Crippen molar-refractivity contribution in [3.8, 4) is 22.8 Å². The zero-order chi connectivity index (χ0) is 23.0. The molecule has 0 spiro atoms. The first kappa shape index (κ1) is 21.6. The lowest BCUT2D eigenvalue weighted by Gasteiger charge is -2.13. The molecule has 1 aromatic heterocycles. The largest absolute Gasteiger partial charge is 0.495 e. The number of nitrogens with one attached hydrogen (secondary N) is 1.